The molecule has 0 atom stereocenters. The largest absolute Gasteiger partial charge is 0.494 e. The standard InChI is InChI=1S/C25H30N4O2/c30-25(29-13-11-26-12-14-29)24-27-22-10-7-18(16-23(22)28-24)4-1-2-15-31-21-6-3-5-20(17-21)19-8-9-19/h3,5-7,10,16-17,19,26H,1-2,4,8-9,11-15H2,(H,27,28). The second-order valence-electron chi connectivity index (χ2n) is 8.63. The van der Waals surface area contributed by atoms with Crippen molar-refractivity contribution in [1.82, 2.24) is 20.2 Å². The van der Waals surface area contributed by atoms with Gasteiger partial charge in [0.2, 0.25) is 0 Å². The van der Waals surface area contributed by atoms with E-state index in [1.165, 1.54) is 24.0 Å². The summed E-state index contributed by atoms with van der Waals surface area (Å²) in [6.07, 6.45) is 5.70. The van der Waals surface area contributed by atoms with Gasteiger partial charge in [-0.3, -0.25) is 4.79 Å². The molecule has 31 heavy (non-hydrogen) atoms. The lowest BCUT2D eigenvalue weighted by molar-refractivity contribution is 0.0725. The molecular weight excluding hydrogens is 388 g/mol. The number of hydrogen-bond donors (Lipinski definition) is 2. The number of aryl methyl sites for hydroxylation is 1. The molecule has 0 unspecified atom stereocenters. The third-order valence-corrected chi connectivity index (χ3v) is 6.19. The Labute approximate surface area is 183 Å². The molecule has 3 aromatic rings. The molecule has 2 aromatic carbocycles. The van der Waals surface area contributed by atoms with Gasteiger partial charge in [0, 0.05) is 26.2 Å². The van der Waals surface area contributed by atoms with Crippen molar-refractivity contribution in [2.75, 3.05) is 32.8 Å². The molecule has 0 spiro atoms. The van der Waals surface area contributed by atoms with E-state index in [0.717, 1.165) is 74.7 Å². The van der Waals surface area contributed by atoms with Gasteiger partial charge in [0.15, 0.2) is 5.82 Å². The van der Waals surface area contributed by atoms with Gasteiger partial charge in [-0.05, 0) is 73.4 Å². The predicted octanol–water partition coefficient (Wildman–Crippen LogP) is 3.89. The number of benzene rings is 2. The number of nitrogens with one attached hydrogen (secondary N) is 2. The molecule has 1 amide bonds. The first-order chi connectivity index (χ1) is 15.3. The molecule has 2 aliphatic rings. The molecule has 2 fully saturated rings. The fourth-order valence-corrected chi connectivity index (χ4v) is 4.23. The highest BCUT2D eigenvalue weighted by atomic mass is 16.5. The number of rotatable bonds is 8. The van der Waals surface area contributed by atoms with Gasteiger partial charge >= 0.3 is 0 Å². The SMILES string of the molecule is O=C(c1nc2ccc(CCCCOc3cccc(C4CC4)c3)cc2[nH]1)N1CCNCC1. The lowest BCUT2D eigenvalue weighted by atomic mass is 10.1. The summed E-state index contributed by atoms with van der Waals surface area (Å²) in [5.74, 6) is 2.18. The maximum absolute atomic E-state index is 12.7. The zero-order valence-electron chi connectivity index (χ0n) is 17.9. The molecular formula is C25H30N4O2. The van der Waals surface area contributed by atoms with Crippen molar-refractivity contribution in [3.63, 3.8) is 0 Å². The van der Waals surface area contributed by atoms with E-state index < -0.39 is 0 Å². The van der Waals surface area contributed by atoms with Crippen molar-refractivity contribution in [1.29, 1.82) is 0 Å². The van der Waals surface area contributed by atoms with E-state index in [0.29, 0.717) is 5.82 Å². The van der Waals surface area contributed by atoms with E-state index in [9.17, 15) is 4.79 Å². The first-order valence-electron chi connectivity index (χ1n) is 11.5. The molecule has 2 N–H and O–H groups in total. The van der Waals surface area contributed by atoms with Crippen molar-refractivity contribution in [3.05, 3.63) is 59.4 Å². The van der Waals surface area contributed by atoms with Crippen LogP contribution in [0, 0.1) is 0 Å². The summed E-state index contributed by atoms with van der Waals surface area (Å²) in [5, 5.41) is 3.27. The number of hydrogen-bond acceptors (Lipinski definition) is 4. The molecule has 162 valence electrons. The van der Waals surface area contributed by atoms with Gasteiger partial charge in [0.25, 0.3) is 5.91 Å². The maximum atomic E-state index is 12.7. The minimum atomic E-state index is -0.0119. The summed E-state index contributed by atoms with van der Waals surface area (Å²) < 4.78 is 5.96. The lowest BCUT2D eigenvalue weighted by Crippen LogP contribution is -2.46. The zero-order valence-corrected chi connectivity index (χ0v) is 17.9. The Morgan fingerprint density at radius 1 is 1.10 bits per heavy atom. The number of carbonyl (C=O) groups is 1. The van der Waals surface area contributed by atoms with Crippen LogP contribution < -0.4 is 10.1 Å². The van der Waals surface area contributed by atoms with Gasteiger partial charge in [-0.15, -0.1) is 0 Å². The van der Waals surface area contributed by atoms with E-state index in [-0.39, 0.29) is 5.91 Å². The zero-order chi connectivity index (χ0) is 21.0. The first-order valence-corrected chi connectivity index (χ1v) is 11.5. The second kappa shape index (κ2) is 9.10. The van der Waals surface area contributed by atoms with Crippen LogP contribution in [-0.2, 0) is 6.42 Å². The highest BCUT2D eigenvalue weighted by Gasteiger charge is 2.23. The van der Waals surface area contributed by atoms with Gasteiger partial charge in [0.1, 0.15) is 5.75 Å². The van der Waals surface area contributed by atoms with E-state index >= 15 is 0 Å². The number of aromatic amines is 1. The van der Waals surface area contributed by atoms with Gasteiger partial charge in [-0.2, -0.15) is 0 Å². The predicted molar refractivity (Wildman–Crippen MR) is 122 cm³/mol. The van der Waals surface area contributed by atoms with Gasteiger partial charge in [-0.1, -0.05) is 18.2 Å². The van der Waals surface area contributed by atoms with Gasteiger partial charge < -0.3 is 19.9 Å². The number of fused-ring (bicyclic) bond motifs is 1. The molecule has 1 aliphatic carbocycles. The normalized spacial score (nSPS) is 16.6. The number of imidazole rings is 1. The lowest BCUT2D eigenvalue weighted by Gasteiger charge is -2.26. The summed E-state index contributed by atoms with van der Waals surface area (Å²) in [5.41, 5.74) is 4.46. The summed E-state index contributed by atoms with van der Waals surface area (Å²) >= 11 is 0. The van der Waals surface area contributed by atoms with Crippen molar-refractivity contribution >= 4 is 16.9 Å². The summed E-state index contributed by atoms with van der Waals surface area (Å²) in [6.45, 7) is 3.88. The molecule has 1 aromatic heterocycles. The highest BCUT2D eigenvalue weighted by molar-refractivity contribution is 5.94. The van der Waals surface area contributed by atoms with Crippen LogP contribution in [0.1, 0.15) is 53.3 Å². The Balaban J connectivity index is 1.12. The Morgan fingerprint density at radius 3 is 2.81 bits per heavy atom. The number of piperazine rings is 1. The van der Waals surface area contributed by atoms with Crippen LogP contribution in [0.4, 0.5) is 0 Å². The third-order valence-electron chi connectivity index (χ3n) is 6.19. The van der Waals surface area contributed by atoms with Crippen LogP contribution in [0.3, 0.4) is 0 Å². The van der Waals surface area contributed by atoms with Crippen LogP contribution in [0.2, 0.25) is 0 Å². The average molecular weight is 419 g/mol. The monoisotopic (exact) mass is 418 g/mol. The summed E-state index contributed by atoms with van der Waals surface area (Å²) in [4.78, 5) is 22.3. The summed E-state index contributed by atoms with van der Waals surface area (Å²) in [7, 11) is 0. The second-order valence-corrected chi connectivity index (χ2v) is 8.63. The van der Waals surface area contributed by atoms with Gasteiger partial charge in [-0.25, -0.2) is 4.98 Å². The van der Waals surface area contributed by atoms with Gasteiger partial charge in [0.05, 0.1) is 17.6 Å². The molecule has 0 radical (unpaired) electrons. The van der Waals surface area contributed by atoms with Crippen LogP contribution >= 0.6 is 0 Å². The molecule has 2 heterocycles. The topological polar surface area (TPSA) is 70.2 Å². The number of unbranched alkanes of at least 4 members (excludes halogenated alkanes) is 1. The van der Waals surface area contributed by atoms with Crippen molar-refractivity contribution in [3.8, 4) is 5.75 Å². The Hall–Kier alpha value is -2.86. The number of H-pyrrole nitrogens is 1. The molecule has 0 bridgehead atoms. The van der Waals surface area contributed by atoms with Crippen molar-refractivity contribution in [2.24, 2.45) is 0 Å². The van der Waals surface area contributed by atoms with E-state index in [4.69, 9.17) is 4.74 Å². The van der Waals surface area contributed by atoms with Crippen LogP contribution in [0.15, 0.2) is 42.5 Å². The van der Waals surface area contributed by atoms with Crippen LogP contribution in [0.5, 0.6) is 5.75 Å². The Bertz CT molecular complexity index is 1050. The highest BCUT2D eigenvalue weighted by Crippen LogP contribution is 2.40. The third kappa shape index (κ3) is 4.90. The number of nitrogens with zero attached hydrogens (tertiary/aromatic N) is 2. The fourth-order valence-electron chi connectivity index (χ4n) is 4.23. The molecule has 6 nitrogen and oxygen atoms in total. The number of carbonyl (C=O) groups excluding carboxylic acids is 1. The van der Waals surface area contributed by atoms with Crippen molar-refractivity contribution in [2.45, 2.75) is 38.0 Å². The summed E-state index contributed by atoms with van der Waals surface area (Å²) in [6, 6.07) is 14.8. The molecule has 5 rings (SSSR count). The first kappa shape index (κ1) is 20.1. The number of amides is 1. The fraction of sp³-hybridized carbons (Fsp3) is 0.440. The van der Waals surface area contributed by atoms with Crippen molar-refractivity contribution < 1.29 is 9.53 Å². The smallest absolute Gasteiger partial charge is 0.289 e. The van der Waals surface area contributed by atoms with E-state index in [2.05, 4.69) is 51.7 Å². The molecule has 1 saturated carbocycles. The van der Waals surface area contributed by atoms with Crippen LogP contribution in [-0.4, -0.2) is 53.6 Å². The van der Waals surface area contributed by atoms with Crippen LogP contribution in [0.25, 0.3) is 11.0 Å². The molecule has 6 heteroatoms. The van der Waals surface area contributed by atoms with E-state index in [1.807, 2.05) is 11.0 Å². The minimum Gasteiger partial charge on any atom is -0.494 e. The Kier molecular flexibility index (Phi) is 5.89. The molecule has 1 aliphatic heterocycles. The Morgan fingerprint density at radius 2 is 1.97 bits per heavy atom. The minimum absolute atomic E-state index is 0.0119. The molecule has 1 saturated heterocycles. The quantitative estimate of drug-likeness (QED) is 0.545. The maximum Gasteiger partial charge on any atom is 0.289 e. The van der Waals surface area contributed by atoms with E-state index in [1.54, 1.807) is 0 Å². The average Bonchev–Trinajstić information content (AvgIpc) is 3.58. The number of aromatic nitrogens is 2. The number of ether oxygens (including phenoxy) is 1.